The van der Waals surface area contributed by atoms with Crippen LogP contribution in [0.1, 0.15) is 57.6 Å². The van der Waals surface area contributed by atoms with Crippen LogP contribution in [0.25, 0.3) is 11.2 Å². The average molecular weight is 533 g/mol. The van der Waals surface area contributed by atoms with E-state index in [0.29, 0.717) is 41.5 Å². The second-order valence-electron chi connectivity index (χ2n) is 8.89. The molecule has 1 fully saturated rings. The summed E-state index contributed by atoms with van der Waals surface area (Å²) in [6.07, 6.45) is 5.20. The van der Waals surface area contributed by atoms with E-state index in [1.54, 1.807) is 34.9 Å². The van der Waals surface area contributed by atoms with Crippen molar-refractivity contribution >= 4 is 34.8 Å². The number of thioether (sulfide) groups is 1. The third-order valence-corrected chi connectivity index (χ3v) is 6.94. The first-order valence-electron chi connectivity index (χ1n) is 12.5. The molecule has 1 saturated carbocycles. The van der Waals surface area contributed by atoms with Gasteiger partial charge in [0.2, 0.25) is 0 Å². The number of aromatic nitrogens is 6. The highest BCUT2D eigenvalue weighted by atomic mass is 32.2. The van der Waals surface area contributed by atoms with Crippen molar-refractivity contribution in [2.24, 2.45) is 0 Å². The van der Waals surface area contributed by atoms with Gasteiger partial charge in [0.25, 0.3) is 0 Å². The number of amides is 1. The van der Waals surface area contributed by atoms with E-state index in [0.717, 1.165) is 37.1 Å². The van der Waals surface area contributed by atoms with E-state index in [2.05, 4.69) is 44.4 Å². The molecule has 1 aliphatic carbocycles. The second kappa shape index (κ2) is 14.1. The van der Waals surface area contributed by atoms with Gasteiger partial charge in [-0.3, -0.25) is 4.98 Å². The topological polar surface area (TPSA) is 162 Å². The number of carboxylic acid groups (broad SMARTS) is 1. The largest absolute Gasteiger partial charge is 0.465 e. The minimum atomic E-state index is -0.932. The molecule has 1 amide bonds. The van der Waals surface area contributed by atoms with Crippen LogP contribution < -0.4 is 5.32 Å². The smallest absolute Gasteiger partial charge is 0.407 e. The molecule has 0 spiro atoms. The summed E-state index contributed by atoms with van der Waals surface area (Å²) in [5.41, 5.74) is 2.12. The van der Waals surface area contributed by atoms with Crippen molar-refractivity contribution in [2.75, 3.05) is 24.7 Å². The summed E-state index contributed by atoms with van der Waals surface area (Å²) < 4.78 is 1.65. The number of pyridine rings is 1. The van der Waals surface area contributed by atoms with Crippen molar-refractivity contribution < 1.29 is 20.1 Å². The number of aliphatic hydroxyl groups is 2. The van der Waals surface area contributed by atoms with Gasteiger partial charge in [-0.25, -0.2) is 19.4 Å². The molecule has 0 aliphatic heterocycles. The van der Waals surface area contributed by atoms with Gasteiger partial charge in [0.05, 0.1) is 18.7 Å². The lowest BCUT2D eigenvalue weighted by Gasteiger charge is -2.16. The first-order chi connectivity index (χ1) is 17.8. The number of nitrogens with zero attached hydrogens (tertiary/aromatic N) is 7. The maximum absolute atomic E-state index is 10.4. The van der Waals surface area contributed by atoms with Gasteiger partial charge in [-0.05, 0) is 37.3 Å². The van der Waals surface area contributed by atoms with Gasteiger partial charge in [0.1, 0.15) is 6.10 Å². The van der Waals surface area contributed by atoms with Crippen LogP contribution in [-0.4, -0.2) is 87.8 Å². The van der Waals surface area contributed by atoms with Gasteiger partial charge in [-0.15, -0.1) is 5.10 Å². The summed E-state index contributed by atoms with van der Waals surface area (Å²) in [6.45, 7) is 5.46. The Kier molecular flexibility index (Phi) is 10.8. The van der Waals surface area contributed by atoms with E-state index in [9.17, 15) is 15.0 Å². The molecular weight excluding hydrogens is 496 g/mol. The van der Waals surface area contributed by atoms with Gasteiger partial charge in [-0.1, -0.05) is 43.3 Å². The van der Waals surface area contributed by atoms with Crippen LogP contribution in [-0.2, 0) is 6.54 Å². The zero-order valence-electron chi connectivity index (χ0n) is 21.5. The van der Waals surface area contributed by atoms with Crippen LogP contribution in [0.5, 0.6) is 0 Å². The summed E-state index contributed by atoms with van der Waals surface area (Å²) in [7, 11) is 1.52. The molecule has 3 aromatic heterocycles. The van der Waals surface area contributed by atoms with Gasteiger partial charge in [0.15, 0.2) is 22.1 Å². The highest BCUT2D eigenvalue weighted by Gasteiger charge is 2.37. The van der Waals surface area contributed by atoms with Crippen LogP contribution in [0.2, 0.25) is 0 Å². The summed E-state index contributed by atoms with van der Waals surface area (Å²) in [6, 6.07) is 3.32. The third kappa shape index (κ3) is 7.73. The van der Waals surface area contributed by atoms with Crippen molar-refractivity contribution in [1.82, 2.24) is 34.8 Å². The van der Waals surface area contributed by atoms with E-state index < -0.39 is 18.3 Å². The molecule has 13 heteroatoms. The lowest BCUT2D eigenvalue weighted by atomic mass is 10.2. The summed E-state index contributed by atoms with van der Waals surface area (Å²) >= 11 is 1.60. The quantitative estimate of drug-likeness (QED) is 0.172. The predicted molar refractivity (Wildman–Crippen MR) is 142 cm³/mol. The molecule has 0 aromatic carbocycles. The number of aliphatic hydroxyl groups excluding tert-OH is 2. The fourth-order valence-corrected chi connectivity index (χ4v) is 4.53. The van der Waals surface area contributed by atoms with Gasteiger partial charge in [-0.2, -0.15) is 0 Å². The number of unbranched alkanes of at least 4 members (excludes halogenated alkanes) is 1. The van der Waals surface area contributed by atoms with E-state index in [1.807, 2.05) is 6.07 Å². The molecule has 3 heterocycles. The number of rotatable bonds is 10. The Hall–Kier alpha value is -3.03. The van der Waals surface area contributed by atoms with E-state index in [4.69, 9.17) is 5.11 Å². The molecule has 0 unspecified atom stereocenters. The Morgan fingerprint density at radius 1 is 1.24 bits per heavy atom. The van der Waals surface area contributed by atoms with Crippen LogP contribution in [0, 0.1) is 0 Å². The number of hydrogen-bond acceptors (Lipinski definition) is 10. The standard InChI is InChI=1S/C16H26N6O2S.C8H10N2O2/c1-3-5-8-17-14-12-15(19-16(18-14)25-9-4-2)22(21-20-12)10-6-7-11(23)13(10)24;1-10(8(11)12)6-7-3-2-4-9-5-7/h10-11,13,23-24H,3-9H2,1-2H3,(H,17,18,19);2-5H,6H2,1H3,(H,11,12)/t10-,11-,13+;/m1./s1. The molecule has 1 aliphatic rings. The minimum Gasteiger partial charge on any atom is -0.465 e. The van der Waals surface area contributed by atoms with Crippen molar-refractivity contribution in [3.63, 3.8) is 0 Å². The zero-order valence-corrected chi connectivity index (χ0v) is 22.3. The van der Waals surface area contributed by atoms with Crippen LogP contribution in [0.15, 0.2) is 29.7 Å². The molecule has 3 aromatic rings. The fraction of sp³-hybridized carbons (Fsp3) is 0.583. The van der Waals surface area contributed by atoms with Crippen molar-refractivity contribution in [2.45, 2.75) is 75.9 Å². The molecule has 3 atom stereocenters. The summed E-state index contributed by atoms with van der Waals surface area (Å²) in [5.74, 6) is 1.63. The molecule has 37 heavy (non-hydrogen) atoms. The first-order valence-corrected chi connectivity index (χ1v) is 13.5. The van der Waals surface area contributed by atoms with Crippen molar-refractivity contribution in [3.05, 3.63) is 30.1 Å². The summed E-state index contributed by atoms with van der Waals surface area (Å²) in [5, 5.41) is 41.1. The Morgan fingerprint density at radius 2 is 2.05 bits per heavy atom. The van der Waals surface area contributed by atoms with E-state index in [-0.39, 0.29) is 6.04 Å². The van der Waals surface area contributed by atoms with Gasteiger partial charge in [0, 0.05) is 31.7 Å². The number of anilines is 1. The molecule has 202 valence electrons. The van der Waals surface area contributed by atoms with Crippen molar-refractivity contribution in [3.8, 4) is 0 Å². The van der Waals surface area contributed by atoms with Gasteiger partial charge >= 0.3 is 6.09 Å². The highest BCUT2D eigenvalue weighted by Crippen LogP contribution is 2.33. The lowest BCUT2D eigenvalue weighted by molar-refractivity contribution is 0.0215. The minimum absolute atomic E-state index is 0.303. The van der Waals surface area contributed by atoms with Crippen LogP contribution >= 0.6 is 11.8 Å². The van der Waals surface area contributed by atoms with E-state index in [1.165, 1.54) is 11.9 Å². The second-order valence-corrected chi connectivity index (χ2v) is 9.95. The Balaban J connectivity index is 0.000000266. The molecule has 0 saturated heterocycles. The third-order valence-electron chi connectivity index (χ3n) is 5.89. The SMILES string of the molecule is CCCCNc1nc(SCCC)nc2c1nnn2[C@@H]1CC[C@@H](O)[C@H]1O.CN(Cc1cccnc1)C(=O)O. The fourth-order valence-electron chi connectivity index (χ4n) is 3.84. The van der Waals surface area contributed by atoms with Crippen LogP contribution in [0.3, 0.4) is 0 Å². The Labute approximate surface area is 220 Å². The maximum Gasteiger partial charge on any atom is 0.407 e. The Bertz CT molecular complexity index is 1130. The predicted octanol–water partition coefficient (Wildman–Crippen LogP) is 3.18. The molecule has 0 radical (unpaired) electrons. The molecule has 4 rings (SSSR count). The van der Waals surface area contributed by atoms with Gasteiger partial charge < -0.3 is 25.5 Å². The number of carbonyl (C=O) groups is 1. The molecule has 12 nitrogen and oxygen atoms in total. The highest BCUT2D eigenvalue weighted by molar-refractivity contribution is 7.99. The monoisotopic (exact) mass is 532 g/mol. The molecule has 0 bridgehead atoms. The average Bonchev–Trinajstić information content (AvgIpc) is 3.46. The number of hydrogen-bond donors (Lipinski definition) is 4. The normalized spacial score (nSPS) is 18.9. The lowest BCUT2D eigenvalue weighted by Crippen LogP contribution is -2.28. The summed E-state index contributed by atoms with van der Waals surface area (Å²) in [4.78, 5) is 24.7. The maximum atomic E-state index is 10.4. The first kappa shape index (κ1) is 28.5. The Morgan fingerprint density at radius 3 is 2.68 bits per heavy atom. The molecular formula is C24H36N8O4S. The zero-order chi connectivity index (χ0) is 26.8. The van der Waals surface area contributed by atoms with E-state index >= 15 is 0 Å². The van der Waals surface area contributed by atoms with Crippen LogP contribution in [0.4, 0.5) is 10.6 Å². The molecule has 4 N–H and O–H groups in total. The number of nitrogens with one attached hydrogen (secondary N) is 1. The van der Waals surface area contributed by atoms with Crippen molar-refractivity contribution in [1.29, 1.82) is 0 Å². The number of fused-ring (bicyclic) bond motifs is 1.